The second-order valence-electron chi connectivity index (χ2n) is 8.08. The van der Waals surface area contributed by atoms with E-state index in [2.05, 4.69) is 16.6 Å². The summed E-state index contributed by atoms with van der Waals surface area (Å²) in [6, 6.07) is 5.64. The number of esters is 2. The number of amides is 3. The van der Waals surface area contributed by atoms with Gasteiger partial charge in [0.25, 0.3) is 5.91 Å². The van der Waals surface area contributed by atoms with Crippen LogP contribution in [0.2, 0.25) is 0 Å². The molecule has 1 aromatic carbocycles. The van der Waals surface area contributed by atoms with Gasteiger partial charge in [0.15, 0.2) is 17.6 Å². The van der Waals surface area contributed by atoms with Crippen molar-refractivity contribution in [2.75, 3.05) is 20.3 Å². The summed E-state index contributed by atoms with van der Waals surface area (Å²) >= 11 is 0. The molecule has 11 heteroatoms. The molecule has 0 spiro atoms. The van der Waals surface area contributed by atoms with E-state index in [0.717, 1.165) is 4.90 Å². The minimum absolute atomic E-state index is 0.0373. The van der Waals surface area contributed by atoms with Crippen LogP contribution in [0.1, 0.15) is 48.2 Å². The number of carbonyl (C=O) groups excluding carboxylic acids is 4. The molecule has 2 heterocycles. The Bertz CT molecular complexity index is 1260. The summed E-state index contributed by atoms with van der Waals surface area (Å²) in [6.45, 7) is 9.23. The third kappa shape index (κ3) is 6.41. The third-order valence-corrected chi connectivity index (χ3v) is 5.37. The summed E-state index contributed by atoms with van der Waals surface area (Å²) in [4.78, 5) is 50.2. The minimum Gasteiger partial charge on any atom is -0.490 e. The van der Waals surface area contributed by atoms with Gasteiger partial charge in [-0.05, 0) is 63.1 Å². The predicted octanol–water partition coefficient (Wildman–Crippen LogP) is 3.62. The summed E-state index contributed by atoms with van der Waals surface area (Å²) in [6.07, 6.45) is 2.68. The van der Waals surface area contributed by atoms with Crippen molar-refractivity contribution >= 4 is 30.0 Å². The van der Waals surface area contributed by atoms with Crippen LogP contribution in [0.4, 0.5) is 4.79 Å². The first-order valence-corrected chi connectivity index (χ1v) is 12.0. The molecule has 1 fully saturated rings. The lowest BCUT2D eigenvalue weighted by atomic mass is 10.0. The van der Waals surface area contributed by atoms with Crippen LogP contribution in [0.25, 0.3) is 6.08 Å². The van der Waals surface area contributed by atoms with E-state index in [1.165, 1.54) is 25.3 Å². The van der Waals surface area contributed by atoms with Crippen molar-refractivity contribution < 1.29 is 42.5 Å². The summed E-state index contributed by atoms with van der Waals surface area (Å²) in [5, 5.41) is 2.55. The number of benzene rings is 1. The fourth-order valence-electron chi connectivity index (χ4n) is 3.67. The molecule has 2 aromatic rings. The van der Waals surface area contributed by atoms with E-state index < -0.39 is 30.0 Å². The second-order valence-corrected chi connectivity index (χ2v) is 8.08. The summed E-state index contributed by atoms with van der Waals surface area (Å²) in [5.41, 5.74) is 1.25. The van der Waals surface area contributed by atoms with Crippen molar-refractivity contribution in [3.63, 3.8) is 0 Å². The lowest BCUT2D eigenvalue weighted by molar-refractivity contribution is -0.150. The van der Waals surface area contributed by atoms with E-state index in [1.54, 1.807) is 39.0 Å². The number of carbonyl (C=O) groups is 4. The number of nitrogens with zero attached hydrogens (tertiary/aromatic N) is 1. The molecule has 0 saturated carbocycles. The minimum atomic E-state index is -0.882. The molecule has 1 aliphatic heterocycles. The highest BCUT2D eigenvalue weighted by Gasteiger charge is 2.34. The van der Waals surface area contributed by atoms with Crippen molar-refractivity contribution in [3.05, 3.63) is 65.3 Å². The summed E-state index contributed by atoms with van der Waals surface area (Å²) in [5.74, 6) is -0.849. The molecule has 0 radical (unpaired) electrons. The van der Waals surface area contributed by atoms with Crippen molar-refractivity contribution in [1.29, 1.82) is 0 Å². The molecular weight excluding hydrogens is 496 g/mol. The topological polar surface area (TPSA) is 134 Å². The van der Waals surface area contributed by atoms with E-state index in [4.69, 9.17) is 18.6 Å². The maximum atomic E-state index is 13.0. The van der Waals surface area contributed by atoms with Crippen LogP contribution in [-0.2, 0) is 32.0 Å². The largest absolute Gasteiger partial charge is 0.490 e. The molecule has 202 valence electrons. The summed E-state index contributed by atoms with van der Waals surface area (Å²) < 4.78 is 26.7. The maximum absolute atomic E-state index is 13.0. The maximum Gasteiger partial charge on any atom is 0.373 e. The van der Waals surface area contributed by atoms with Crippen molar-refractivity contribution in [3.8, 4) is 11.5 Å². The Balaban J connectivity index is 1.89. The second kappa shape index (κ2) is 12.6. The van der Waals surface area contributed by atoms with Crippen LogP contribution >= 0.6 is 0 Å². The number of hydrogen-bond donors (Lipinski definition) is 1. The van der Waals surface area contributed by atoms with Gasteiger partial charge in [-0.25, -0.2) is 14.4 Å². The van der Waals surface area contributed by atoms with E-state index in [9.17, 15) is 19.2 Å². The van der Waals surface area contributed by atoms with Gasteiger partial charge >= 0.3 is 18.0 Å². The smallest absolute Gasteiger partial charge is 0.373 e. The molecule has 0 unspecified atom stereocenters. The Labute approximate surface area is 220 Å². The molecule has 0 aliphatic carbocycles. The zero-order valence-electron chi connectivity index (χ0n) is 21.7. The molecule has 3 rings (SSSR count). The zero-order valence-corrected chi connectivity index (χ0v) is 21.7. The number of hydrogen-bond acceptors (Lipinski definition) is 9. The van der Waals surface area contributed by atoms with Gasteiger partial charge in [0, 0.05) is 5.56 Å². The fraction of sp³-hybridized carbons (Fsp3) is 0.333. The van der Waals surface area contributed by atoms with Gasteiger partial charge in [0.05, 0.1) is 26.9 Å². The number of urea groups is 1. The Morgan fingerprint density at radius 3 is 2.61 bits per heavy atom. The van der Waals surface area contributed by atoms with Crippen LogP contribution in [0.5, 0.6) is 11.5 Å². The number of ether oxygens (including phenoxy) is 4. The zero-order chi connectivity index (χ0) is 27.8. The van der Waals surface area contributed by atoms with E-state index in [1.807, 2.05) is 0 Å². The number of methoxy groups -OCH3 is 1. The number of furan rings is 1. The molecule has 1 N–H and O–H groups in total. The van der Waals surface area contributed by atoms with Crippen LogP contribution in [0.3, 0.4) is 0 Å². The lowest BCUT2D eigenvalue weighted by Gasteiger charge is -2.20. The van der Waals surface area contributed by atoms with Crippen LogP contribution in [0, 0.1) is 0 Å². The molecule has 3 amide bonds. The molecular formula is C27H30N2O9. The van der Waals surface area contributed by atoms with Gasteiger partial charge in [-0.2, -0.15) is 0 Å². The monoisotopic (exact) mass is 526 g/mol. The molecule has 11 nitrogen and oxygen atoms in total. The Morgan fingerprint density at radius 1 is 1.18 bits per heavy atom. The van der Waals surface area contributed by atoms with Gasteiger partial charge in [-0.15, -0.1) is 6.58 Å². The SMILES string of the molecule is C=CCc1cc(/C=C2\NC(=O)N(Cc3ccc(C(=O)OC)o3)C2=O)cc(OCC)c1O[C@H](C)C(=O)OCC. The van der Waals surface area contributed by atoms with Gasteiger partial charge in [0.2, 0.25) is 5.76 Å². The normalized spacial score (nSPS) is 14.7. The Hall–Kier alpha value is -4.54. The molecule has 1 saturated heterocycles. The Kier molecular flexibility index (Phi) is 9.31. The number of allylic oxidation sites excluding steroid dienone is 1. The van der Waals surface area contributed by atoms with Gasteiger partial charge in [-0.3, -0.25) is 9.69 Å². The highest BCUT2D eigenvalue weighted by atomic mass is 16.6. The third-order valence-electron chi connectivity index (χ3n) is 5.37. The predicted molar refractivity (Wildman–Crippen MR) is 135 cm³/mol. The standard InChI is InChI=1S/C27H30N2O9/c1-6-9-18-12-17(14-22(35-7-2)23(18)37-16(4)25(31)36-8-3)13-20-24(30)29(27(33)28-20)15-19-10-11-21(38-19)26(32)34-5/h6,10-14,16H,1,7-9,15H2,2-5H3,(H,28,33)/b20-13-/t16-/m1/s1. The number of imide groups is 1. The van der Waals surface area contributed by atoms with Gasteiger partial charge in [-0.1, -0.05) is 6.08 Å². The lowest BCUT2D eigenvalue weighted by Crippen LogP contribution is -2.30. The van der Waals surface area contributed by atoms with Crippen LogP contribution < -0.4 is 14.8 Å². The van der Waals surface area contributed by atoms with Crippen LogP contribution in [0.15, 0.2) is 47.0 Å². The van der Waals surface area contributed by atoms with Gasteiger partial charge in [0.1, 0.15) is 11.5 Å². The first-order valence-electron chi connectivity index (χ1n) is 12.0. The average Bonchev–Trinajstić information content (AvgIpc) is 3.46. The van der Waals surface area contributed by atoms with E-state index in [0.29, 0.717) is 35.7 Å². The van der Waals surface area contributed by atoms with Gasteiger partial charge < -0.3 is 28.7 Å². The van der Waals surface area contributed by atoms with Crippen LogP contribution in [-0.4, -0.2) is 55.2 Å². The highest BCUT2D eigenvalue weighted by molar-refractivity contribution is 6.13. The van der Waals surface area contributed by atoms with Crippen molar-refractivity contribution in [2.24, 2.45) is 0 Å². The van der Waals surface area contributed by atoms with Crippen molar-refractivity contribution in [2.45, 2.75) is 39.8 Å². The van der Waals surface area contributed by atoms with E-state index >= 15 is 0 Å². The fourth-order valence-corrected chi connectivity index (χ4v) is 3.67. The number of nitrogens with one attached hydrogen (secondary N) is 1. The first kappa shape index (κ1) is 28.0. The van der Waals surface area contributed by atoms with E-state index in [-0.39, 0.29) is 30.4 Å². The number of rotatable bonds is 12. The Morgan fingerprint density at radius 2 is 1.95 bits per heavy atom. The highest BCUT2D eigenvalue weighted by Crippen LogP contribution is 2.36. The molecule has 38 heavy (non-hydrogen) atoms. The molecule has 1 atom stereocenters. The molecule has 1 aromatic heterocycles. The average molecular weight is 527 g/mol. The molecule has 1 aliphatic rings. The quantitative estimate of drug-likeness (QED) is 0.190. The first-order chi connectivity index (χ1) is 18.2. The molecule has 0 bridgehead atoms. The van der Waals surface area contributed by atoms with Crippen molar-refractivity contribution in [1.82, 2.24) is 10.2 Å². The summed E-state index contributed by atoms with van der Waals surface area (Å²) in [7, 11) is 1.22.